The average molecular weight is 309 g/mol. The molecule has 0 saturated carbocycles. The molecule has 0 rings (SSSR count). The van der Waals surface area contributed by atoms with Crippen molar-refractivity contribution in [3.63, 3.8) is 0 Å². The zero-order chi connectivity index (χ0) is 12.4. The van der Waals surface area contributed by atoms with E-state index >= 15 is 0 Å². The van der Waals surface area contributed by atoms with Crippen LogP contribution in [0.25, 0.3) is 0 Å². The quantitative estimate of drug-likeness (QED) is 0.473. The fraction of sp³-hybridized carbons (Fsp3) is 0.800. The molecule has 0 N–H and O–H groups in total. The normalized spacial score (nSPS) is 8.93. The first-order chi connectivity index (χ1) is 6.51. The Morgan fingerprint density at radius 1 is 1.07 bits per heavy atom. The molecular weight excluding hydrogens is 287 g/mol. The molecule has 1 unspecified atom stereocenters. The van der Waals surface area contributed by atoms with Gasteiger partial charge in [0, 0.05) is 0 Å². The van der Waals surface area contributed by atoms with Crippen LogP contribution in [-0.2, 0) is 0 Å². The number of hydrogen-bond acceptors (Lipinski definition) is 3. The molecular formula is C10H22O3Sn. The van der Waals surface area contributed by atoms with Gasteiger partial charge in [-0.1, -0.05) is 20.8 Å². The Bertz CT molecular complexity index is 63.6. The van der Waals surface area contributed by atoms with E-state index in [-0.39, 0.29) is 19.8 Å². The maximum atomic E-state index is 8.93. The van der Waals surface area contributed by atoms with Crippen LogP contribution in [-0.4, -0.2) is 42.3 Å². The molecule has 0 bridgehead atoms. The predicted octanol–water partition coefficient (Wildman–Crippen LogP) is -0.751. The fourth-order valence-electron chi connectivity index (χ4n) is 0. The van der Waals surface area contributed by atoms with Crippen LogP contribution in [0.4, 0.5) is 0 Å². The molecule has 0 heterocycles. The molecule has 84 valence electrons. The summed E-state index contributed by atoms with van der Waals surface area (Å²) in [5.41, 5.74) is 0. The van der Waals surface area contributed by atoms with Crippen molar-refractivity contribution in [2.75, 3.05) is 19.8 Å². The van der Waals surface area contributed by atoms with E-state index in [1.165, 1.54) is 0 Å². The molecule has 0 aliphatic carbocycles. The molecule has 0 amide bonds. The number of hydrogen-bond donors (Lipinski definition) is 0. The van der Waals surface area contributed by atoms with Gasteiger partial charge in [0.1, 0.15) is 0 Å². The van der Waals surface area contributed by atoms with E-state index in [9.17, 15) is 0 Å². The summed E-state index contributed by atoms with van der Waals surface area (Å²) in [5, 5.41) is 26.8. The van der Waals surface area contributed by atoms with Gasteiger partial charge >= 0.3 is 46.0 Å². The van der Waals surface area contributed by atoms with Gasteiger partial charge < -0.3 is 15.3 Å². The third kappa shape index (κ3) is 277. The van der Waals surface area contributed by atoms with Gasteiger partial charge in [0.15, 0.2) is 0 Å². The molecule has 0 aromatic rings. The molecule has 14 heavy (non-hydrogen) atoms. The van der Waals surface area contributed by atoms with Crippen LogP contribution in [0, 0.1) is 0 Å². The summed E-state index contributed by atoms with van der Waals surface area (Å²) in [6.45, 7) is 10.4. The van der Waals surface area contributed by atoms with E-state index < -0.39 is 0 Å². The van der Waals surface area contributed by atoms with E-state index in [4.69, 9.17) is 15.3 Å². The van der Waals surface area contributed by atoms with Crippen LogP contribution in [0.2, 0.25) is 3.93 Å². The number of allylic oxidation sites excluding steroid dienone is 1. The summed E-state index contributed by atoms with van der Waals surface area (Å²) in [6.07, 6.45) is 1.96. The van der Waals surface area contributed by atoms with Crippen LogP contribution in [0.1, 0.15) is 27.7 Å². The molecule has 0 fully saturated rings. The van der Waals surface area contributed by atoms with Gasteiger partial charge in [-0.3, -0.25) is 0 Å². The standard InChI is InChI=1S/C4H7.3C2H5O.Sn/c1-3-4-2;3*1-2-3;/h3-4H,1H2,2H3;3*2H2,1H3;/q;3*-1;+3. The van der Waals surface area contributed by atoms with Crippen molar-refractivity contribution >= 4 is 22.5 Å². The summed E-state index contributed by atoms with van der Waals surface area (Å²) in [5.74, 6) is 0. The molecule has 4 heteroatoms. The first kappa shape index (κ1) is 23.9. The Balaban J connectivity index is -0.0000000495. The largest absolute Gasteiger partial charge is 0.855 e. The van der Waals surface area contributed by atoms with Gasteiger partial charge in [0.05, 0.1) is 0 Å². The van der Waals surface area contributed by atoms with Gasteiger partial charge in [-0.05, 0) is 0 Å². The molecule has 0 spiro atoms. The molecule has 0 radical (unpaired) electrons. The van der Waals surface area contributed by atoms with Crippen molar-refractivity contribution in [3.05, 3.63) is 12.7 Å². The topological polar surface area (TPSA) is 69.2 Å². The Kier molecular flexibility index (Phi) is 64.2. The van der Waals surface area contributed by atoms with Crippen molar-refractivity contribution in [1.82, 2.24) is 0 Å². The van der Waals surface area contributed by atoms with Gasteiger partial charge in [0.2, 0.25) is 0 Å². The molecule has 0 saturated heterocycles. The van der Waals surface area contributed by atoms with E-state index in [0.29, 0.717) is 0 Å². The molecule has 0 aliphatic rings. The van der Waals surface area contributed by atoms with Gasteiger partial charge in [-0.15, -0.1) is 19.8 Å². The molecule has 0 aromatic heterocycles. The first-order valence-corrected chi connectivity index (χ1v) is 6.24. The minimum Gasteiger partial charge on any atom is -0.855 e. The van der Waals surface area contributed by atoms with Crippen molar-refractivity contribution < 1.29 is 15.3 Å². The van der Waals surface area contributed by atoms with Crippen LogP contribution < -0.4 is 15.3 Å². The van der Waals surface area contributed by atoms with Gasteiger partial charge in [-0.2, -0.15) is 0 Å². The third-order valence-corrected chi connectivity index (χ3v) is 1.03. The Morgan fingerprint density at radius 3 is 1.14 bits per heavy atom. The predicted molar refractivity (Wildman–Crippen MR) is 57.0 cm³/mol. The van der Waals surface area contributed by atoms with Crippen LogP contribution >= 0.6 is 0 Å². The Morgan fingerprint density at radius 2 is 1.14 bits per heavy atom. The second-order valence-electron chi connectivity index (χ2n) is 1.89. The second kappa shape index (κ2) is 37.6. The summed E-state index contributed by atoms with van der Waals surface area (Å²) in [7, 11) is 0. The first-order valence-electron chi connectivity index (χ1n) is 4.59. The van der Waals surface area contributed by atoms with Gasteiger partial charge in [-0.25, -0.2) is 0 Å². The van der Waals surface area contributed by atoms with E-state index in [0.717, 1.165) is 3.93 Å². The molecule has 0 aromatic carbocycles. The van der Waals surface area contributed by atoms with Crippen molar-refractivity contribution in [1.29, 1.82) is 0 Å². The zero-order valence-electron chi connectivity index (χ0n) is 9.71. The second-order valence-corrected chi connectivity index (χ2v) is 4.49. The van der Waals surface area contributed by atoms with Crippen LogP contribution in [0.3, 0.4) is 0 Å². The van der Waals surface area contributed by atoms with Crippen molar-refractivity contribution in [3.8, 4) is 0 Å². The minimum atomic E-state index is 0. The molecule has 0 aliphatic heterocycles. The van der Waals surface area contributed by atoms with Crippen LogP contribution in [0.5, 0.6) is 0 Å². The fourth-order valence-corrected chi connectivity index (χ4v) is 0. The van der Waals surface area contributed by atoms with Crippen molar-refractivity contribution in [2.24, 2.45) is 0 Å². The summed E-state index contributed by atoms with van der Waals surface area (Å²) < 4.78 is 0.738. The van der Waals surface area contributed by atoms with Crippen molar-refractivity contribution in [2.45, 2.75) is 31.6 Å². The summed E-state index contributed by atoms with van der Waals surface area (Å²) in [4.78, 5) is 0. The summed E-state index contributed by atoms with van der Waals surface area (Å²) >= 11 is 1.55. The van der Waals surface area contributed by atoms with E-state index in [1.807, 2.05) is 6.08 Å². The Hall–Kier alpha value is 0.419. The number of rotatable bonds is 1. The van der Waals surface area contributed by atoms with E-state index in [1.54, 1.807) is 43.3 Å². The zero-order valence-corrected chi connectivity index (χ0v) is 12.6. The maximum Gasteiger partial charge on any atom is -0.0809 e. The Labute approximate surface area is 102 Å². The molecule has 1 atom stereocenters. The summed E-state index contributed by atoms with van der Waals surface area (Å²) in [6, 6.07) is 0. The minimum absolute atomic E-state index is 0. The van der Waals surface area contributed by atoms with Gasteiger partial charge in [0.25, 0.3) is 0 Å². The smallest absolute Gasteiger partial charge is 0.0809 e. The van der Waals surface area contributed by atoms with E-state index in [2.05, 4.69) is 13.5 Å². The molecule has 3 nitrogen and oxygen atoms in total. The average Bonchev–Trinajstić information content (AvgIpc) is 2.08. The monoisotopic (exact) mass is 310 g/mol. The maximum absolute atomic E-state index is 8.93. The SMILES string of the molecule is C=C[CH](C)[Sn+3].CC[O-].CC[O-].CC[O-]. The van der Waals surface area contributed by atoms with Crippen LogP contribution in [0.15, 0.2) is 12.7 Å². The third-order valence-electron chi connectivity index (χ3n) is 0.354.